The average Bonchev–Trinajstić information content (AvgIpc) is 2.53. The molecule has 2 rings (SSSR count). The molecule has 0 radical (unpaired) electrons. The van der Waals surface area contributed by atoms with Crippen LogP contribution >= 0.6 is 0 Å². The van der Waals surface area contributed by atoms with Crippen molar-refractivity contribution in [2.45, 2.75) is 26.4 Å². The minimum Gasteiger partial charge on any atom is -0.482 e. The lowest BCUT2D eigenvalue weighted by atomic mass is 10.2. The summed E-state index contributed by atoms with van der Waals surface area (Å²) in [5.41, 5.74) is 0.619. The zero-order valence-corrected chi connectivity index (χ0v) is 14.4. The molecule has 0 heterocycles. The van der Waals surface area contributed by atoms with Gasteiger partial charge in [-0.2, -0.15) is 0 Å². The molecule has 0 aliphatic heterocycles. The number of carbonyl (C=O) groups is 2. The summed E-state index contributed by atoms with van der Waals surface area (Å²) in [4.78, 5) is 24.7. The molecule has 1 N–H and O–H groups in total. The first-order chi connectivity index (χ1) is 11.8. The van der Waals surface area contributed by atoms with Gasteiger partial charge >= 0.3 is 12.1 Å². The molecule has 0 aliphatic rings. The van der Waals surface area contributed by atoms with Crippen molar-refractivity contribution >= 4 is 23.4 Å². The van der Waals surface area contributed by atoms with Crippen LogP contribution in [0.2, 0.25) is 0 Å². The lowest BCUT2D eigenvalue weighted by Gasteiger charge is -2.27. The predicted octanol–water partition coefficient (Wildman–Crippen LogP) is 4.22. The molecule has 6 heteroatoms. The summed E-state index contributed by atoms with van der Waals surface area (Å²) in [6.45, 7) is 4.98. The van der Waals surface area contributed by atoms with Crippen LogP contribution in [0, 0.1) is 0 Å². The van der Waals surface area contributed by atoms with Gasteiger partial charge in [0.1, 0.15) is 11.4 Å². The lowest BCUT2D eigenvalue weighted by molar-refractivity contribution is -0.139. The third kappa shape index (κ3) is 5.53. The number of benzene rings is 2. The second kappa shape index (κ2) is 7.70. The molecule has 6 nitrogen and oxygen atoms in total. The summed E-state index contributed by atoms with van der Waals surface area (Å²) >= 11 is 0. The third-order valence-electron chi connectivity index (χ3n) is 3.05. The first-order valence-corrected chi connectivity index (χ1v) is 7.79. The fourth-order valence-electron chi connectivity index (χ4n) is 2.08. The van der Waals surface area contributed by atoms with Gasteiger partial charge in [0.2, 0.25) is 0 Å². The van der Waals surface area contributed by atoms with Crippen LogP contribution in [-0.4, -0.2) is 29.4 Å². The van der Waals surface area contributed by atoms with Crippen molar-refractivity contribution in [3.63, 3.8) is 0 Å². The highest BCUT2D eigenvalue weighted by Crippen LogP contribution is 2.29. The average molecular weight is 343 g/mol. The smallest absolute Gasteiger partial charge is 0.419 e. The van der Waals surface area contributed by atoms with Crippen molar-refractivity contribution in [1.29, 1.82) is 0 Å². The van der Waals surface area contributed by atoms with Crippen LogP contribution in [0.3, 0.4) is 0 Å². The van der Waals surface area contributed by atoms with Crippen LogP contribution in [0.25, 0.3) is 0 Å². The highest BCUT2D eigenvalue weighted by Gasteiger charge is 2.24. The monoisotopic (exact) mass is 343 g/mol. The number of ether oxygens (including phenoxy) is 2. The van der Waals surface area contributed by atoms with Crippen molar-refractivity contribution < 1.29 is 24.2 Å². The fraction of sp³-hybridized carbons (Fsp3) is 0.263. The Balaban J connectivity index is 2.29. The number of carboxylic acid groups (broad SMARTS) is 1. The molecule has 0 atom stereocenters. The second-order valence-corrected chi connectivity index (χ2v) is 6.33. The number of carbonyl (C=O) groups excluding carboxylic acids is 1. The Morgan fingerprint density at radius 3 is 2.04 bits per heavy atom. The Kier molecular flexibility index (Phi) is 5.64. The first kappa shape index (κ1) is 18.3. The van der Waals surface area contributed by atoms with Gasteiger partial charge in [-0.15, -0.1) is 0 Å². The van der Waals surface area contributed by atoms with Crippen LogP contribution in [0.5, 0.6) is 5.75 Å². The molecular weight excluding hydrogens is 322 g/mol. The molecule has 0 aliphatic carbocycles. The van der Waals surface area contributed by atoms with Crippen LogP contribution in [0.1, 0.15) is 20.8 Å². The van der Waals surface area contributed by atoms with Crippen LogP contribution in [-0.2, 0) is 9.53 Å². The molecule has 2 aromatic rings. The van der Waals surface area contributed by atoms with E-state index in [9.17, 15) is 9.59 Å². The SMILES string of the molecule is CC(C)(C)OC(=O)N(c1ccccc1)c1ccc(OCC(=O)O)cc1. The molecule has 25 heavy (non-hydrogen) atoms. The molecule has 0 unspecified atom stereocenters. The highest BCUT2D eigenvalue weighted by molar-refractivity contribution is 5.96. The normalized spacial score (nSPS) is 10.8. The number of amides is 1. The molecule has 1 amide bonds. The topological polar surface area (TPSA) is 76.1 Å². The van der Waals surface area contributed by atoms with Gasteiger partial charge in [0.15, 0.2) is 6.61 Å². The molecule has 0 spiro atoms. The van der Waals surface area contributed by atoms with Gasteiger partial charge in [-0.1, -0.05) is 18.2 Å². The minimum atomic E-state index is -1.05. The number of aliphatic carboxylic acids is 1. The van der Waals surface area contributed by atoms with Crippen molar-refractivity contribution in [2.24, 2.45) is 0 Å². The Labute approximate surface area is 146 Å². The Hall–Kier alpha value is -3.02. The maximum atomic E-state index is 12.7. The number of para-hydroxylation sites is 1. The molecule has 2 aromatic carbocycles. The Morgan fingerprint density at radius 1 is 0.960 bits per heavy atom. The summed E-state index contributed by atoms with van der Waals surface area (Å²) in [6.07, 6.45) is -0.502. The zero-order valence-electron chi connectivity index (χ0n) is 14.4. The van der Waals surface area contributed by atoms with Crippen LogP contribution < -0.4 is 9.64 Å². The third-order valence-corrected chi connectivity index (χ3v) is 3.05. The summed E-state index contributed by atoms with van der Waals surface area (Å²) in [7, 11) is 0. The van der Waals surface area contributed by atoms with E-state index in [1.54, 1.807) is 57.2 Å². The number of hydrogen-bond donors (Lipinski definition) is 1. The standard InChI is InChI=1S/C19H21NO5/c1-19(2,3)25-18(23)20(14-7-5-4-6-8-14)15-9-11-16(12-10-15)24-13-17(21)22/h4-12H,13H2,1-3H3,(H,21,22). The first-order valence-electron chi connectivity index (χ1n) is 7.79. The maximum absolute atomic E-state index is 12.7. The molecular formula is C19H21NO5. The highest BCUT2D eigenvalue weighted by atomic mass is 16.6. The quantitative estimate of drug-likeness (QED) is 0.879. The van der Waals surface area contributed by atoms with E-state index in [0.717, 1.165) is 0 Å². The number of nitrogens with zero attached hydrogens (tertiary/aromatic N) is 1. The van der Waals surface area contributed by atoms with Crippen LogP contribution in [0.4, 0.5) is 16.2 Å². The molecule has 0 saturated carbocycles. The minimum absolute atomic E-state index is 0.406. The van der Waals surface area contributed by atoms with Crippen molar-refractivity contribution in [3.8, 4) is 5.75 Å². The van der Waals surface area contributed by atoms with Crippen molar-refractivity contribution in [1.82, 2.24) is 0 Å². The Morgan fingerprint density at radius 2 is 1.52 bits per heavy atom. The molecule has 0 fully saturated rings. The molecule has 132 valence electrons. The van der Waals surface area contributed by atoms with Gasteiger partial charge in [0.05, 0.1) is 11.4 Å². The number of rotatable bonds is 5. The van der Waals surface area contributed by atoms with Gasteiger partial charge < -0.3 is 14.6 Å². The molecule has 0 saturated heterocycles. The van der Waals surface area contributed by atoms with E-state index >= 15 is 0 Å². The zero-order chi connectivity index (χ0) is 18.4. The second-order valence-electron chi connectivity index (χ2n) is 6.33. The van der Waals surface area contributed by atoms with Crippen molar-refractivity contribution in [2.75, 3.05) is 11.5 Å². The summed E-state index contributed by atoms with van der Waals surface area (Å²) in [6, 6.07) is 15.7. The van der Waals surface area contributed by atoms with E-state index in [1.807, 2.05) is 18.2 Å². The van der Waals surface area contributed by atoms with E-state index in [0.29, 0.717) is 17.1 Å². The van der Waals surface area contributed by atoms with E-state index < -0.39 is 24.3 Å². The number of carboxylic acids is 1. The largest absolute Gasteiger partial charge is 0.482 e. The predicted molar refractivity (Wildman–Crippen MR) is 94.4 cm³/mol. The van der Waals surface area contributed by atoms with Gasteiger partial charge in [-0.3, -0.25) is 0 Å². The summed E-state index contributed by atoms with van der Waals surface area (Å²) in [5.74, 6) is -0.646. The van der Waals surface area contributed by atoms with E-state index in [4.69, 9.17) is 14.6 Å². The van der Waals surface area contributed by atoms with Gasteiger partial charge in [0, 0.05) is 0 Å². The number of anilines is 2. The Bertz CT molecular complexity index is 720. The van der Waals surface area contributed by atoms with Gasteiger partial charge in [0.25, 0.3) is 0 Å². The fourth-order valence-corrected chi connectivity index (χ4v) is 2.08. The summed E-state index contributed by atoms with van der Waals surface area (Å²) in [5, 5.41) is 8.65. The van der Waals surface area contributed by atoms with Gasteiger partial charge in [-0.05, 0) is 57.2 Å². The van der Waals surface area contributed by atoms with Crippen LogP contribution in [0.15, 0.2) is 54.6 Å². The van der Waals surface area contributed by atoms with Crippen molar-refractivity contribution in [3.05, 3.63) is 54.6 Å². The maximum Gasteiger partial charge on any atom is 0.419 e. The molecule has 0 aromatic heterocycles. The number of hydrogen-bond acceptors (Lipinski definition) is 4. The van der Waals surface area contributed by atoms with E-state index in [2.05, 4.69) is 0 Å². The summed E-state index contributed by atoms with van der Waals surface area (Å²) < 4.78 is 10.6. The van der Waals surface area contributed by atoms with Gasteiger partial charge in [-0.25, -0.2) is 14.5 Å². The van der Waals surface area contributed by atoms with E-state index in [1.165, 1.54) is 4.90 Å². The molecule has 0 bridgehead atoms. The van der Waals surface area contributed by atoms with E-state index in [-0.39, 0.29) is 0 Å². The lowest BCUT2D eigenvalue weighted by Crippen LogP contribution is -2.33.